The Labute approximate surface area is 187 Å². The van der Waals surface area contributed by atoms with Gasteiger partial charge in [-0.1, -0.05) is 17.8 Å². The molecule has 1 aliphatic rings. The lowest BCUT2D eigenvalue weighted by Gasteiger charge is -2.15. The van der Waals surface area contributed by atoms with E-state index in [2.05, 4.69) is 10.4 Å². The molecular weight excluding hydrogens is 442 g/mol. The van der Waals surface area contributed by atoms with E-state index in [9.17, 15) is 14.4 Å². The zero-order valence-corrected chi connectivity index (χ0v) is 17.9. The Morgan fingerprint density at radius 2 is 2.10 bits per heavy atom. The zero-order valence-electron chi connectivity index (χ0n) is 16.2. The molecule has 1 saturated heterocycles. The van der Waals surface area contributed by atoms with Gasteiger partial charge >= 0.3 is 5.97 Å². The number of carbonyl (C=O) groups is 3. The molecule has 9 nitrogen and oxygen atoms in total. The topological polar surface area (TPSA) is 118 Å². The average Bonchev–Trinajstić information content (AvgIpc) is 3.01. The van der Waals surface area contributed by atoms with Crippen molar-refractivity contribution in [2.75, 3.05) is 13.2 Å². The summed E-state index contributed by atoms with van der Waals surface area (Å²) in [6, 6.07) is 8.02. The van der Waals surface area contributed by atoms with E-state index in [1.807, 2.05) is 0 Å². The van der Waals surface area contributed by atoms with Gasteiger partial charge in [-0.05, 0) is 55.0 Å². The Bertz CT molecular complexity index is 1060. The highest BCUT2D eigenvalue weighted by molar-refractivity contribution is 8.26. The first-order valence-electron chi connectivity index (χ1n) is 8.99. The molecule has 2 heterocycles. The highest BCUT2D eigenvalue weighted by Crippen LogP contribution is 2.34. The molecular formula is C20H17N3O6S2. The lowest BCUT2D eigenvalue weighted by Crippen LogP contribution is -2.44. The first kappa shape index (κ1) is 22.2. The maximum absolute atomic E-state index is 12.7. The van der Waals surface area contributed by atoms with Crippen LogP contribution in [0.25, 0.3) is 6.08 Å². The van der Waals surface area contributed by atoms with Gasteiger partial charge in [-0.2, -0.15) is 5.01 Å². The second-order valence-electron chi connectivity index (χ2n) is 6.02. The number of amides is 2. The summed E-state index contributed by atoms with van der Waals surface area (Å²) in [5.74, 6) is -1.47. The molecule has 2 aromatic rings. The molecule has 0 aliphatic carbocycles. The maximum atomic E-state index is 12.7. The van der Waals surface area contributed by atoms with Crippen molar-refractivity contribution in [3.05, 3.63) is 58.8 Å². The van der Waals surface area contributed by atoms with Crippen LogP contribution in [0.15, 0.2) is 47.6 Å². The van der Waals surface area contributed by atoms with Gasteiger partial charge < -0.3 is 14.6 Å². The Balaban J connectivity index is 1.78. The second-order valence-corrected chi connectivity index (χ2v) is 7.70. The van der Waals surface area contributed by atoms with Crippen molar-refractivity contribution >= 4 is 52.2 Å². The smallest absolute Gasteiger partial charge is 0.341 e. The van der Waals surface area contributed by atoms with Gasteiger partial charge in [0.2, 0.25) is 0 Å². The van der Waals surface area contributed by atoms with Gasteiger partial charge in [-0.3, -0.25) is 20.0 Å². The number of thioether (sulfide) groups is 1. The largest absolute Gasteiger partial charge is 0.490 e. The van der Waals surface area contributed by atoms with E-state index in [-0.39, 0.29) is 10.1 Å². The second kappa shape index (κ2) is 10.0. The van der Waals surface area contributed by atoms with Crippen LogP contribution in [0, 0.1) is 0 Å². The third kappa shape index (κ3) is 5.58. The predicted molar refractivity (Wildman–Crippen MR) is 117 cm³/mol. The third-order valence-corrected chi connectivity index (χ3v) is 5.15. The van der Waals surface area contributed by atoms with E-state index in [0.29, 0.717) is 28.4 Å². The number of hydrogen-bond donors (Lipinski definition) is 2. The minimum atomic E-state index is -1.11. The molecule has 0 bridgehead atoms. The van der Waals surface area contributed by atoms with Crippen molar-refractivity contribution in [2.24, 2.45) is 0 Å². The minimum absolute atomic E-state index is 0.180. The number of benzene rings is 1. The highest BCUT2D eigenvalue weighted by atomic mass is 32.2. The molecule has 0 saturated carbocycles. The molecule has 1 aromatic heterocycles. The third-order valence-electron chi connectivity index (χ3n) is 3.85. The van der Waals surface area contributed by atoms with Gasteiger partial charge in [-0.25, -0.2) is 4.79 Å². The van der Waals surface area contributed by atoms with E-state index in [4.69, 9.17) is 26.8 Å². The monoisotopic (exact) mass is 459 g/mol. The van der Waals surface area contributed by atoms with Gasteiger partial charge in [0.25, 0.3) is 11.8 Å². The molecule has 0 atom stereocenters. The summed E-state index contributed by atoms with van der Waals surface area (Å²) >= 11 is 6.26. The Hall–Kier alpha value is -3.44. The van der Waals surface area contributed by atoms with Crippen LogP contribution in [0.1, 0.15) is 22.8 Å². The number of thiocarbonyl (C=S) groups is 1. The van der Waals surface area contributed by atoms with Gasteiger partial charge in [0.05, 0.1) is 17.1 Å². The molecule has 0 unspecified atom stereocenters. The van der Waals surface area contributed by atoms with Crippen LogP contribution >= 0.6 is 24.0 Å². The number of carbonyl (C=O) groups excluding carboxylic acids is 2. The summed E-state index contributed by atoms with van der Waals surface area (Å²) in [6.45, 7) is 1.62. The number of aromatic nitrogens is 1. The van der Waals surface area contributed by atoms with Crippen molar-refractivity contribution in [1.82, 2.24) is 15.4 Å². The summed E-state index contributed by atoms with van der Waals surface area (Å²) in [5, 5.41) is 9.80. The Morgan fingerprint density at radius 1 is 1.29 bits per heavy atom. The number of carboxylic acid groups (broad SMARTS) is 1. The molecule has 2 N–H and O–H groups in total. The normalized spacial score (nSPS) is 14.6. The van der Waals surface area contributed by atoms with Gasteiger partial charge in [0.1, 0.15) is 0 Å². The van der Waals surface area contributed by atoms with E-state index in [0.717, 1.165) is 16.8 Å². The van der Waals surface area contributed by atoms with Crippen molar-refractivity contribution in [2.45, 2.75) is 6.92 Å². The molecule has 2 amide bonds. The molecule has 11 heteroatoms. The number of nitrogens with zero attached hydrogens (tertiary/aromatic N) is 2. The molecule has 0 spiro atoms. The minimum Gasteiger partial charge on any atom is -0.490 e. The van der Waals surface area contributed by atoms with Crippen molar-refractivity contribution < 1.29 is 29.0 Å². The fourth-order valence-electron chi connectivity index (χ4n) is 2.52. The number of ether oxygens (including phenoxy) is 2. The van der Waals surface area contributed by atoms with Crippen molar-refractivity contribution in [3.8, 4) is 11.5 Å². The zero-order chi connectivity index (χ0) is 22.4. The average molecular weight is 460 g/mol. The Morgan fingerprint density at radius 3 is 2.77 bits per heavy atom. The SMILES string of the molecule is CCOc1cc(/C=C2/SC(=S)N(NC(=O)c3cccnc3)C2=O)ccc1OCC(=O)O. The number of carboxylic acids is 1. The number of hydrazine groups is 1. The molecule has 0 radical (unpaired) electrons. The van der Waals surface area contributed by atoms with Crippen LogP contribution in [0.5, 0.6) is 11.5 Å². The number of nitrogens with one attached hydrogen (secondary N) is 1. The van der Waals surface area contributed by atoms with Crippen LogP contribution in [0.4, 0.5) is 0 Å². The summed E-state index contributed by atoms with van der Waals surface area (Å²) < 4.78 is 10.9. The standard InChI is InChI=1S/C20H17N3O6S2/c1-2-28-15-8-12(5-6-14(15)29-11-17(24)25)9-16-19(27)23(20(30)31-16)22-18(26)13-4-3-7-21-10-13/h3-10H,2,11H2,1H3,(H,22,26)(H,24,25)/b16-9+. The summed E-state index contributed by atoms with van der Waals surface area (Å²) in [5.41, 5.74) is 3.39. The number of rotatable bonds is 8. The molecule has 1 aliphatic heterocycles. The van der Waals surface area contributed by atoms with Gasteiger partial charge in [0, 0.05) is 12.4 Å². The summed E-state index contributed by atoms with van der Waals surface area (Å²) in [4.78, 5) is 40.0. The highest BCUT2D eigenvalue weighted by Gasteiger charge is 2.33. The molecule has 31 heavy (non-hydrogen) atoms. The van der Waals surface area contributed by atoms with Crippen LogP contribution in [-0.4, -0.2) is 50.4 Å². The van der Waals surface area contributed by atoms with E-state index in [1.54, 1.807) is 43.3 Å². The first-order chi connectivity index (χ1) is 14.9. The van der Waals surface area contributed by atoms with Crippen LogP contribution in [0.3, 0.4) is 0 Å². The van der Waals surface area contributed by atoms with E-state index < -0.39 is 24.4 Å². The van der Waals surface area contributed by atoms with Gasteiger partial charge in [0.15, 0.2) is 22.4 Å². The lowest BCUT2D eigenvalue weighted by atomic mass is 10.2. The Kier molecular flexibility index (Phi) is 7.21. The maximum Gasteiger partial charge on any atom is 0.341 e. The summed E-state index contributed by atoms with van der Waals surface area (Å²) in [6.07, 6.45) is 4.51. The van der Waals surface area contributed by atoms with Crippen LogP contribution < -0.4 is 14.9 Å². The van der Waals surface area contributed by atoms with Crippen LogP contribution in [0.2, 0.25) is 0 Å². The summed E-state index contributed by atoms with van der Waals surface area (Å²) in [7, 11) is 0. The van der Waals surface area contributed by atoms with E-state index >= 15 is 0 Å². The number of aliphatic carboxylic acids is 1. The molecule has 3 rings (SSSR count). The number of pyridine rings is 1. The number of hydrogen-bond acceptors (Lipinski definition) is 8. The van der Waals surface area contributed by atoms with Crippen LogP contribution in [-0.2, 0) is 9.59 Å². The lowest BCUT2D eigenvalue weighted by molar-refractivity contribution is -0.139. The molecule has 160 valence electrons. The van der Waals surface area contributed by atoms with E-state index in [1.165, 1.54) is 12.4 Å². The quantitative estimate of drug-likeness (QED) is 0.453. The van der Waals surface area contributed by atoms with Crippen molar-refractivity contribution in [1.29, 1.82) is 0 Å². The van der Waals surface area contributed by atoms with Crippen molar-refractivity contribution in [3.63, 3.8) is 0 Å². The fourth-order valence-corrected chi connectivity index (χ4v) is 3.70. The first-order valence-corrected chi connectivity index (χ1v) is 10.2. The molecule has 1 fully saturated rings. The van der Waals surface area contributed by atoms with Gasteiger partial charge in [-0.15, -0.1) is 0 Å². The fraction of sp³-hybridized carbons (Fsp3) is 0.150. The molecule has 1 aromatic carbocycles. The predicted octanol–water partition coefficient (Wildman–Crippen LogP) is 2.49.